The van der Waals surface area contributed by atoms with Crippen molar-refractivity contribution in [1.29, 1.82) is 0 Å². The van der Waals surface area contributed by atoms with Gasteiger partial charge < -0.3 is 4.90 Å². The van der Waals surface area contributed by atoms with Crippen molar-refractivity contribution in [2.24, 2.45) is 0 Å². The summed E-state index contributed by atoms with van der Waals surface area (Å²) in [5, 5.41) is 0. The summed E-state index contributed by atoms with van der Waals surface area (Å²) in [7, 11) is 0. The zero-order chi connectivity index (χ0) is 36.4. The van der Waals surface area contributed by atoms with E-state index >= 15 is 0 Å². The minimum absolute atomic E-state index is 0.123. The molecule has 0 amide bonds. The molecule has 0 heterocycles. The lowest BCUT2D eigenvalue weighted by atomic mass is 9.74. The van der Waals surface area contributed by atoms with E-state index in [1.54, 1.807) is 0 Å². The molecule has 0 radical (unpaired) electrons. The maximum absolute atomic E-state index is 2.68. The molecule has 0 saturated heterocycles. The Morgan fingerprint density at radius 1 is 0.396 bits per heavy atom. The Morgan fingerprint density at radius 3 is 1.43 bits per heavy atom. The largest absolute Gasteiger partial charge is 0.309 e. The summed E-state index contributed by atoms with van der Waals surface area (Å²) < 4.78 is 0. The van der Waals surface area contributed by atoms with Gasteiger partial charge in [0.05, 0.1) is 11.4 Å². The van der Waals surface area contributed by atoms with Crippen LogP contribution in [0.1, 0.15) is 80.5 Å². The van der Waals surface area contributed by atoms with Gasteiger partial charge in [-0.05, 0) is 103 Å². The van der Waals surface area contributed by atoms with Gasteiger partial charge in [-0.2, -0.15) is 0 Å². The SMILES string of the molecule is Cc1c2c(c(N(c3cccc(-c4ccccc4)c3)c3cccc4c3-c3ccccc3C4(C)C)c3c1-c1ccccc1C3(C)C)C(C)(C)c1ccccc1-2. The van der Waals surface area contributed by atoms with E-state index in [1.807, 2.05) is 0 Å². The van der Waals surface area contributed by atoms with E-state index in [9.17, 15) is 0 Å². The van der Waals surface area contributed by atoms with Crippen LogP contribution in [0.4, 0.5) is 17.1 Å². The quantitative estimate of drug-likeness (QED) is 0.178. The van der Waals surface area contributed by atoms with Crippen LogP contribution in [-0.4, -0.2) is 0 Å². The molecule has 0 saturated carbocycles. The molecule has 1 nitrogen and oxygen atoms in total. The molecule has 1 heteroatoms. The highest BCUT2D eigenvalue weighted by molar-refractivity contribution is 6.04. The number of fused-ring (bicyclic) bond motifs is 9. The Morgan fingerprint density at radius 2 is 0.849 bits per heavy atom. The molecular weight excluding hydrogens is 639 g/mol. The highest BCUT2D eigenvalue weighted by atomic mass is 15.2. The first-order chi connectivity index (χ1) is 25.5. The molecule has 258 valence electrons. The van der Waals surface area contributed by atoms with Gasteiger partial charge >= 0.3 is 0 Å². The summed E-state index contributed by atoms with van der Waals surface area (Å²) in [5.74, 6) is 0. The molecule has 0 atom stereocenters. The van der Waals surface area contributed by atoms with Crippen molar-refractivity contribution in [3.05, 3.63) is 185 Å². The molecule has 10 rings (SSSR count). The van der Waals surface area contributed by atoms with Crippen molar-refractivity contribution in [2.45, 2.75) is 64.7 Å². The summed E-state index contributed by atoms with van der Waals surface area (Å²) in [6, 6.07) is 54.6. The second kappa shape index (κ2) is 10.9. The number of hydrogen-bond donors (Lipinski definition) is 0. The van der Waals surface area contributed by atoms with E-state index in [0.717, 1.165) is 0 Å². The summed E-state index contributed by atoms with van der Waals surface area (Å²) in [6.45, 7) is 17.0. The highest BCUT2D eigenvalue weighted by Crippen LogP contribution is 2.65. The summed E-state index contributed by atoms with van der Waals surface area (Å²) in [5.41, 5.74) is 23.5. The number of nitrogens with zero attached hydrogens (tertiary/aromatic N) is 1. The Hall–Kier alpha value is -5.66. The topological polar surface area (TPSA) is 3.24 Å². The van der Waals surface area contributed by atoms with E-state index < -0.39 is 0 Å². The normalized spacial score (nSPS) is 15.9. The van der Waals surface area contributed by atoms with Gasteiger partial charge in [-0.25, -0.2) is 0 Å². The molecular formula is C52H45N. The van der Waals surface area contributed by atoms with E-state index in [0.29, 0.717) is 0 Å². The molecule has 0 fully saturated rings. The molecule has 0 spiro atoms. The van der Waals surface area contributed by atoms with Crippen LogP contribution in [0.25, 0.3) is 44.5 Å². The first-order valence-corrected chi connectivity index (χ1v) is 19.1. The molecule has 0 bridgehead atoms. The lowest BCUT2D eigenvalue weighted by Gasteiger charge is -2.38. The van der Waals surface area contributed by atoms with E-state index in [-0.39, 0.29) is 16.2 Å². The van der Waals surface area contributed by atoms with Crippen LogP contribution in [0.3, 0.4) is 0 Å². The van der Waals surface area contributed by atoms with Crippen LogP contribution >= 0.6 is 0 Å². The third kappa shape index (κ3) is 4.20. The molecule has 0 unspecified atom stereocenters. The van der Waals surface area contributed by atoms with Crippen molar-refractivity contribution in [3.8, 4) is 44.5 Å². The van der Waals surface area contributed by atoms with Gasteiger partial charge in [0.1, 0.15) is 0 Å². The van der Waals surface area contributed by atoms with Gasteiger partial charge in [0, 0.05) is 27.5 Å². The van der Waals surface area contributed by atoms with Crippen molar-refractivity contribution in [1.82, 2.24) is 0 Å². The lowest BCUT2D eigenvalue weighted by Crippen LogP contribution is -2.26. The molecule has 0 aromatic heterocycles. The first-order valence-electron chi connectivity index (χ1n) is 19.1. The molecule has 53 heavy (non-hydrogen) atoms. The van der Waals surface area contributed by atoms with Gasteiger partial charge in [0.25, 0.3) is 0 Å². The maximum Gasteiger partial charge on any atom is 0.0556 e. The van der Waals surface area contributed by atoms with Crippen molar-refractivity contribution >= 4 is 17.1 Å². The number of benzene rings is 7. The summed E-state index contributed by atoms with van der Waals surface area (Å²) in [6.07, 6.45) is 0. The predicted molar refractivity (Wildman–Crippen MR) is 224 cm³/mol. The monoisotopic (exact) mass is 683 g/mol. The second-order valence-electron chi connectivity index (χ2n) is 16.9. The molecule has 0 N–H and O–H groups in total. The van der Waals surface area contributed by atoms with Gasteiger partial charge in [0.2, 0.25) is 0 Å². The lowest BCUT2D eigenvalue weighted by molar-refractivity contribution is 0.639. The average molecular weight is 684 g/mol. The summed E-state index contributed by atoms with van der Waals surface area (Å²) >= 11 is 0. The first kappa shape index (κ1) is 32.0. The van der Waals surface area contributed by atoms with E-state index in [4.69, 9.17) is 0 Å². The minimum Gasteiger partial charge on any atom is -0.309 e. The van der Waals surface area contributed by atoms with Crippen molar-refractivity contribution in [2.75, 3.05) is 4.90 Å². The molecule has 0 aliphatic heterocycles. The third-order valence-corrected chi connectivity index (χ3v) is 13.0. The Kier molecular flexibility index (Phi) is 6.61. The zero-order valence-electron chi connectivity index (χ0n) is 31.8. The summed E-state index contributed by atoms with van der Waals surface area (Å²) in [4.78, 5) is 2.68. The van der Waals surface area contributed by atoms with Crippen LogP contribution in [0.5, 0.6) is 0 Å². The Labute approximate surface area is 314 Å². The average Bonchev–Trinajstić information content (AvgIpc) is 3.67. The van der Waals surface area contributed by atoms with E-state index in [1.165, 1.54) is 101 Å². The number of hydrogen-bond acceptors (Lipinski definition) is 1. The Bertz CT molecular complexity index is 2570. The van der Waals surface area contributed by atoms with Crippen LogP contribution in [0.2, 0.25) is 0 Å². The minimum atomic E-state index is -0.240. The third-order valence-electron chi connectivity index (χ3n) is 13.0. The molecule has 7 aromatic rings. The van der Waals surface area contributed by atoms with Crippen LogP contribution in [0, 0.1) is 6.92 Å². The fourth-order valence-corrected chi connectivity index (χ4v) is 10.5. The molecule has 3 aliphatic carbocycles. The molecule has 7 aromatic carbocycles. The highest BCUT2D eigenvalue weighted by Gasteiger charge is 2.49. The van der Waals surface area contributed by atoms with Crippen LogP contribution in [-0.2, 0) is 16.2 Å². The predicted octanol–water partition coefficient (Wildman–Crippen LogP) is 14.1. The Balaban J connectivity index is 1.40. The maximum atomic E-state index is 2.68. The second-order valence-corrected chi connectivity index (χ2v) is 16.9. The van der Waals surface area contributed by atoms with Crippen LogP contribution in [0.15, 0.2) is 146 Å². The van der Waals surface area contributed by atoms with Crippen molar-refractivity contribution in [3.63, 3.8) is 0 Å². The number of rotatable bonds is 4. The van der Waals surface area contributed by atoms with Crippen LogP contribution < -0.4 is 4.90 Å². The van der Waals surface area contributed by atoms with E-state index in [2.05, 4.69) is 199 Å². The van der Waals surface area contributed by atoms with Crippen molar-refractivity contribution < 1.29 is 0 Å². The number of anilines is 3. The fraction of sp³-hybridized carbons (Fsp3) is 0.192. The van der Waals surface area contributed by atoms with Gasteiger partial charge in [-0.15, -0.1) is 0 Å². The fourth-order valence-electron chi connectivity index (χ4n) is 10.5. The molecule has 3 aliphatic rings. The smallest absolute Gasteiger partial charge is 0.0556 e. The zero-order valence-corrected chi connectivity index (χ0v) is 31.8. The van der Waals surface area contributed by atoms with Gasteiger partial charge in [0.15, 0.2) is 0 Å². The standard InChI is InChI=1S/C52H45N/c1-32-44-36-23-11-15-27-40(36)51(4,5)47(44)49(48-45(32)37-24-12-16-28-41(37)52(48,6)7)53(35-22-17-21-34(31-35)33-19-9-8-10-20-33)43-30-18-29-42-46(43)38-25-13-14-26-39(38)50(42,2)3/h8-31H,1-7H3. The van der Waals surface area contributed by atoms with Gasteiger partial charge in [-0.1, -0.05) is 169 Å². The van der Waals surface area contributed by atoms with Gasteiger partial charge in [-0.3, -0.25) is 0 Å².